The van der Waals surface area contributed by atoms with Gasteiger partial charge in [0.2, 0.25) is 5.91 Å². The van der Waals surface area contributed by atoms with Crippen LogP contribution in [-0.2, 0) is 23.7 Å². The predicted molar refractivity (Wildman–Crippen MR) is 148 cm³/mol. The highest BCUT2D eigenvalue weighted by atomic mass is 16.7. The molecule has 0 radical (unpaired) electrons. The molecule has 15 heteroatoms. The number of hydrogen-bond donors (Lipinski definition) is 10. The minimum Gasteiger partial charge on any atom is -0.468 e. The van der Waals surface area contributed by atoms with E-state index in [1.807, 2.05) is 6.08 Å². The summed E-state index contributed by atoms with van der Waals surface area (Å²) >= 11 is 0. The molecule has 15 nitrogen and oxygen atoms in total. The largest absolute Gasteiger partial charge is 0.468 e. The average Bonchev–Trinajstić information content (AvgIpc) is 2.97. The van der Waals surface area contributed by atoms with Gasteiger partial charge in [-0.25, -0.2) is 0 Å². The molecule has 0 spiro atoms. The van der Waals surface area contributed by atoms with Gasteiger partial charge in [0.1, 0.15) is 30.2 Å². The number of rotatable bonds is 19. The maximum atomic E-state index is 12.6. The maximum absolute atomic E-state index is 12.6. The van der Waals surface area contributed by atoms with Crippen molar-refractivity contribution in [1.82, 2.24) is 16.0 Å². The fraction of sp³-hybridized carbons (Fsp3) is 0.885. The number of amides is 1. The molecule has 240 valence electrons. The third kappa shape index (κ3) is 11.6. The number of aliphatic hydroxyl groups is 5. The van der Waals surface area contributed by atoms with Crippen molar-refractivity contribution in [2.45, 2.75) is 100 Å². The van der Waals surface area contributed by atoms with Gasteiger partial charge in [0.05, 0.1) is 38.5 Å². The van der Waals surface area contributed by atoms with Crippen LogP contribution in [0.2, 0.25) is 0 Å². The summed E-state index contributed by atoms with van der Waals surface area (Å²) in [4.78, 5) is 12.6. The molecule has 0 saturated heterocycles. The molecule has 0 aromatic heterocycles. The van der Waals surface area contributed by atoms with Crippen LogP contribution >= 0.6 is 0 Å². The highest BCUT2D eigenvalue weighted by Gasteiger charge is 2.48. The smallest absolute Gasteiger partial charge is 0.220 e. The molecule has 1 saturated carbocycles. The normalized spacial score (nSPS) is 29.6. The zero-order valence-corrected chi connectivity index (χ0v) is 24.1. The SMILES string of the molecule is CN[C@@H](C)[C@@H](O)[C@H](OCCO)O[C@@H]1[C@@H](O)[C@H](O[C@@H]2CCC=C(CNCC(O)CO)O2)[C@@H](N)C[C@H]1NC(=O)CCCN. The zero-order valence-electron chi connectivity index (χ0n) is 24.1. The summed E-state index contributed by atoms with van der Waals surface area (Å²) in [5.74, 6) is 0.304. The van der Waals surface area contributed by atoms with E-state index in [1.165, 1.54) is 0 Å². The van der Waals surface area contributed by atoms with Crippen molar-refractivity contribution in [3.05, 3.63) is 11.8 Å². The van der Waals surface area contributed by atoms with Crippen molar-refractivity contribution in [1.29, 1.82) is 0 Å². The second-order valence-electron chi connectivity index (χ2n) is 10.5. The van der Waals surface area contributed by atoms with Gasteiger partial charge in [0, 0.05) is 31.5 Å². The van der Waals surface area contributed by atoms with Crippen LogP contribution in [0.25, 0.3) is 0 Å². The molecule has 0 aromatic carbocycles. The number of aliphatic hydroxyl groups excluding tert-OH is 5. The van der Waals surface area contributed by atoms with Gasteiger partial charge in [-0.15, -0.1) is 0 Å². The van der Waals surface area contributed by atoms with Crippen molar-refractivity contribution < 1.29 is 49.3 Å². The van der Waals surface area contributed by atoms with Crippen LogP contribution in [0.5, 0.6) is 0 Å². The van der Waals surface area contributed by atoms with Gasteiger partial charge < -0.3 is 71.9 Å². The summed E-state index contributed by atoms with van der Waals surface area (Å²) in [5, 5.41) is 58.9. The minimum absolute atomic E-state index is 0.123. The number of allylic oxidation sites excluding steroid dienone is 1. The van der Waals surface area contributed by atoms with E-state index in [-0.39, 0.29) is 45.1 Å². The summed E-state index contributed by atoms with van der Waals surface area (Å²) < 4.78 is 23.8. The third-order valence-corrected chi connectivity index (χ3v) is 7.14. The molecule has 1 aliphatic heterocycles. The molecule has 1 heterocycles. The van der Waals surface area contributed by atoms with Crippen LogP contribution in [-0.4, -0.2) is 139 Å². The summed E-state index contributed by atoms with van der Waals surface area (Å²) in [7, 11) is 1.66. The lowest BCUT2D eigenvalue weighted by atomic mass is 9.83. The lowest BCUT2D eigenvalue weighted by molar-refractivity contribution is -0.271. The lowest BCUT2D eigenvalue weighted by Crippen LogP contribution is -2.66. The molecular weight excluding hydrogens is 542 g/mol. The minimum atomic E-state index is -1.34. The maximum Gasteiger partial charge on any atom is 0.220 e. The van der Waals surface area contributed by atoms with Gasteiger partial charge in [-0.1, -0.05) is 0 Å². The number of nitrogens with two attached hydrogens (primary N) is 2. The van der Waals surface area contributed by atoms with E-state index in [9.17, 15) is 25.2 Å². The van der Waals surface area contributed by atoms with Gasteiger partial charge in [0.15, 0.2) is 12.6 Å². The molecule has 10 atom stereocenters. The predicted octanol–water partition coefficient (Wildman–Crippen LogP) is -3.66. The summed E-state index contributed by atoms with van der Waals surface area (Å²) in [5.41, 5.74) is 12.0. The Balaban J connectivity index is 2.17. The molecule has 2 rings (SSSR count). The molecule has 1 fully saturated rings. The summed E-state index contributed by atoms with van der Waals surface area (Å²) in [6, 6.07) is -1.88. The molecule has 1 aliphatic carbocycles. The van der Waals surface area contributed by atoms with Crippen molar-refractivity contribution in [2.24, 2.45) is 11.5 Å². The Bertz CT molecular complexity index is 781. The Morgan fingerprint density at radius 1 is 1.27 bits per heavy atom. The second-order valence-corrected chi connectivity index (χ2v) is 10.5. The monoisotopic (exact) mass is 593 g/mol. The topological polar surface area (TPSA) is 243 Å². The molecule has 41 heavy (non-hydrogen) atoms. The van der Waals surface area contributed by atoms with E-state index >= 15 is 0 Å². The first-order valence-corrected chi connectivity index (χ1v) is 14.3. The van der Waals surface area contributed by atoms with Crippen LogP contribution in [0, 0.1) is 0 Å². The van der Waals surface area contributed by atoms with Crippen LogP contribution in [0.4, 0.5) is 0 Å². The van der Waals surface area contributed by atoms with Crippen molar-refractivity contribution in [3.8, 4) is 0 Å². The van der Waals surface area contributed by atoms with Gasteiger partial charge >= 0.3 is 0 Å². The summed E-state index contributed by atoms with van der Waals surface area (Å²) in [6.07, 6.45) is -3.49. The van der Waals surface area contributed by atoms with Gasteiger partial charge in [-0.2, -0.15) is 0 Å². The van der Waals surface area contributed by atoms with Gasteiger partial charge in [-0.05, 0) is 45.9 Å². The molecule has 1 amide bonds. The third-order valence-electron chi connectivity index (χ3n) is 7.14. The summed E-state index contributed by atoms with van der Waals surface area (Å²) in [6.45, 7) is 1.77. The number of hydrogen-bond acceptors (Lipinski definition) is 14. The van der Waals surface area contributed by atoms with Gasteiger partial charge in [-0.3, -0.25) is 4.79 Å². The van der Waals surface area contributed by atoms with E-state index in [1.54, 1.807) is 14.0 Å². The molecule has 1 unspecified atom stereocenters. The zero-order chi connectivity index (χ0) is 30.4. The number of carbonyl (C=O) groups excluding carboxylic acids is 1. The molecule has 0 bridgehead atoms. The van der Waals surface area contributed by atoms with E-state index in [0.29, 0.717) is 38.1 Å². The van der Waals surface area contributed by atoms with E-state index in [2.05, 4.69) is 16.0 Å². The first-order chi connectivity index (χ1) is 19.6. The standard InChI is InChI=1S/C26H51N5O10/c1-15(29-2)22(36)26(38-10-9-32)41-25-19(31-20(35)6-4-8-27)11-18(28)24(23(25)37)40-21-7-3-5-17(39-21)13-30-12-16(34)14-33/h5,15-16,18-19,21-26,29-30,32-34,36-37H,3-4,6-14,27-28H2,1-2H3,(H,31,35)/t15-,16?,18-,19+,21+,22+,23-,24+,25-,26+/m0/s1. The molecule has 2 aliphatic rings. The molecule has 0 aromatic rings. The Morgan fingerprint density at radius 3 is 2.68 bits per heavy atom. The van der Waals surface area contributed by atoms with Crippen LogP contribution in [0.15, 0.2) is 11.8 Å². The van der Waals surface area contributed by atoms with Crippen LogP contribution in [0.3, 0.4) is 0 Å². The lowest BCUT2D eigenvalue weighted by Gasteiger charge is -2.46. The average molecular weight is 594 g/mol. The number of likely N-dealkylation sites (N-methyl/N-ethyl adjacent to an activating group) is 1. The Morgan fingerprint density at radius 2 is 2.02 bits per heavy atom. The van der Waals surface area contributed by atoms with Crippen molar-refractivity contribution >= 4 is 5.91 Å². The fourth-order valence-corrected chi connectivity index (χ4v) is 4.70. The van der Waals surface area contributed by atoms with E-state index in [0.717, 1.165) is 0 Å². The number of nitrogens with one attached hydrogen (secondary N) is 3. The molecule has 12 N–H and O–H groups in total. The second kappa shape index (κ2) is 18.9. The number of ether oxygens (including phenoxy) is 4. The molecular formula is C26H51N5O10. The van der Waals surface area contributed by atoms with Crippen LogP contribution in [0.1, 0.15) is 39.0 Å². The first kappa shape index (κ1) is 35.7. The van der Waals surface area contributed by atoms with E-state index in [4.69, 9.17) is 35.5 Å². The van der Waals surface area contributed by atoms with Crippen molar-refractivity contribution in [2.75, 3.05) is 46.5 Å². The fourth-order valence-electron chi connectivity index (χ4n) is 4.70. The van der Waals surface area contributed by atoms with E-state index < -0.39 is 61.2 Å². The Kier molecular flexibility index (Phi) is 16.5. The Hall–Kier alpha value is -1.47. The Labute approximate surface area is 241 Å². The van der Waals surface area contributed by atoms with Gasteiger partial charge in [0.25, 0.3) is 0 Å². The number of carbonyl (C=O) groups is 1. The first-order valence-electron chi connectivity index (χ1n) is 14.3. The van der Waals surface area contributed by atoms with Crippen LogP contribution < -0.4 is 27.4 Å². The van der Waals surface area contributed by atoms with Crippen molar-refractivity contribution in [3.63, 3.8) is 0 Å². The highest BCUT2D eigenvalue weighted by molar-refractivity contribution is 5.76. The highest BCUT2D eigenvalue weighted by Crippen LogP contribution is 2.30. The quantitative estimate of drug-likeness (QED) is 0.0649.